The summed E-state index contributed by atoms with van der Waals surface area (Å²) < 4.78 is 1.73. The zero-order valence-corrected chi connectivity index (χ0v) is 15.2. The van der Waals surface area contributed by atoms with Crippen LogP contribution in [0.5, 0.6) is 0 Å². The molecule has 1 aliphatic heterocycles. The third-order valence-corrected chi connectivity index (χ3v) is 5.00. The van der Waals surface area contributed by atoms with Crippen molar-refractivity contribution in [2.45, 2.75) is 25.9 Å². The minimum atomic E-state index is -0.107. The first-order chi connectivity index (χ1) is 12.5. The number of aryl methyl sites for hydroxylation is 1. The highest BCUT2D eigenvalue weighted by atomic mass is 35.5. The van der Waals surface area contributed by atoms with Crippen LogP contribution in [0.1, 0.15) is 28.2 Å². The minimum absolute atomic E-state index is 0.0176. The van der Waals surface area contributed by atoms with E-state index in [1.807, 2.05) is 24.3 Å². The van der Waals surface area contributed by atoms with Gasteiger partial charge in [0.2, 0.25) is 0 Å². The highest BCUT2D eigenvalue weighted by Gasteiger charge is 2.18. The number of hydrogen-bond acceptors (Lipinski definition) is 3. The summed E-state index contributed by atoms with van der Waals surface area (Å²) in [7, 11) is 1.76. The second-order valence-corrected chi connectivity index (χ2v) is 7.04. The van der Waals surface area contributed by atoms with Crippen LogP contribution in [0.15, 0.2) is 47.3 Å². The van der Waals surface area contributed by atoms with Gasteiger partial charge >= 0.3 is 0 Å². The molecule has 0 atom stereocenters. The van der Waals surface area contributed by atoms with Crippen LogP contribution in [0.25, 0.3) is 10.9 Å². The molecule has 5 nitrogen and oxygen atoms in total. The Hall–Kier alpha value is -2.66. The maximum atomic E-state index is 12.8. The van der Waals surface area contributed by atoms with E-state index >= 15 is 0 Å². The van der Waals surface area contributed by atoms with Crippen molar-refractivity contribution in [3.63, 3.8) is 0 Å². The molecule has 3 aromatic rings. The van der Waals surface area contributed by atoms with Crippen molar-refractivity contribution in [3.8, 4) is 0 Å². The quantitative estimate of drug-likeness (QED) is 0.714. The molecule has 2 heterocycles. The molecular weight excluding hydrogens is 350 g/mol. The van der Waals surface area contributed by atoms with Crippen LogP contribution in [-0.4, -0.2) is 27.4 Å². The van der Waals surface area contributed by atoms with Crippen molar-refractivity contribution in [2.75, 3.05) is 7.05 Å². The van der Waals surface area contributed by atoms with Gasteiger partial charge in [-0.25, -0.2) is 4.98 Å². The van der Waals surface area contributed by atoms with Gasteiger partial charge in [0, 0.05) is 37.1 Å². The smallest absolute Gasteiger partial charge is 0.261 e. The molecule has 1 amide bonds. The maximum Gasteiger partial charge on any atom is 0.261 e. The Balaban J connectivity index is 1.63. The monoisotopic (exact) mass is 367 g/mol. The van der Waals surface area contributed by atoms with E-state index in [2.05, 4.69) is 4.98 Å². The third kappa shape index (κ3) is 2.99. The van der Waals surface area contributed by atoms with E-state index in [1.165, 1.54) is 0 Å². The molecule has 6 heteroatoms. The highest BCUT2D eigenvalue weighted by Crippen LogP contribution is 2.18. The van der Waals surface area contributed by atoms with E-state index in [0.717, 1.165) is 30.8 Å². The van der Waals surface area contributed by atoms with E-state index in [9.17, 15) is 9.59 Å². The minimum Gasteiger partial charge on any atom is -0.337 e. The Morgan fingerprint density at radius 2 is 2.00 bits per heavy atom. The molecule has 2 aromatic carbocycles. The number of carbonyl (C=O) groups excluding carboxylic acids is 1. The van der Waals surface area contributed by atoms with E-state index in [-0.39, 0.29) is 11.5 Å². The summed E-state index contributed by atoms with van der Waals surface area (Å²) in [6.07, 6.45) is 1.74. The van der Waals surface area contributed by atoms with E-state index in [4.69, 9.17) is 11.6 Å². The summed E-state index contributed by atoms with van der Waals surface area (Å²) in [5.41, 5.74) is 2.11. The average molecular weight is 368 g/mol. The van der Waals surface area contributed by atoms with Crippen molar-refractivity contribution >= 4 is 28.4 Å². The first-order valence-electron chi connectivity index (χ1n) is 8.56. The third-order valence-electron chi connectivity index (χ3n) is 4.74. The lowest BCUT2D eigenvalue weighted by Gasteiger charge is -2.17. The molecule has 0 radical (unpaired) electrons. The Bertz CT molecular complexity index is 1060. The van der Waals surface area contributed by atoms with Gasteiger partial charge in [-0.2, -0.15) is 0 Å². The van der Waals surface area contributed by atoms with Gasteiger partial charge in [0.25, 0.3) is 11.5 Å². The number of halogens is 1. The molecule has 1 aromatic heterocycles. The summed E-state index contributed by atoms with van der Waals surface area (Å²) in [5.74, 6) is 0.700. The molecule has 0 N–H and O–H groups in total. The topological polar surface area (TPSA) is 55.2 Å². The van der Waals surface area contributed by atoms with Crippen LogP contribution in [0.3, 0.4) is 0 Å². The molecule has 0 aliphatic carbocycles. The Morgan fingerprint density at radius 3 is 2.77 bits per heavy atom. The number of carbonyl (C=O) groups is 1. The van der Waals surface area contributed by atoms with Gasteiger partial charge in [-0.1, -0.05) is 23.7 Å². The SMILES string of the molecule is CN(Cc1ccc(Cl)cc1)C(=O)c1ccc2c(=O)n3c(nc2c1)CCC3. The van der Waals surface area contributed by atoms with E-state index in [0.29, 0.717) is 28.0 Å². The van der Waals surface area contributed by atoms with Gasteiger partial charge in [0.05, 0.1) is 10.9 Å². The van der Waals surface area contributed by atoms with Gasteiger partial charge in [0.1, 0.15) is 5.82 Å². The number of rotatable bonds is 3. The first kappa shape index (κ1) is 16.8. The fourth-order valence-electron chi connectivity index (χ4n) is 3.37. The molecule has 0 saturated carbocycles. The Labute approximate surface area is 155 Å². The average Bonchev–Trinajstić information content (AvgIpc) is 3.11. The van der Waals surface area contributed by atoms with Crippen LogP contribution in [0.2, 0.25) is 5.02 Å². The van der Waals surface area contributed by atoms with Crippen LogP contribution >= 0.6 is 11.6 Å². The van der Waals surface area contributed by atoms with Gasteiger partial charge in [0.15, 0.2) is 0 Å². The number of fused-ring (bicyclic) bond motifs is 2. The fourth-order valence-corrected chi connectivity index (χ4v) is 3.50. The number of aromatic nitrogens is 2. The lowest BCUT2D eigenvalue weighted by atomic mass is 10.1. The molecule has 0 unspecified atom stereocenters. The Kier molecular flexibility index (Phi) is 4.24. The molecular formula is C20H18ClN3O2. The predicted molar refractivity (Wildman–Crippen MR) is 102 cm³/mol. The van der Waals surface area contributed by atoms with Crippen LogP contribution in [0.4, 0.5) is 0 Å². The van der Waals surface area contributed by atoms with Crippen molar-refractivity contribution in [2.24, 2.45) is 0 Å². The molecule has 132 valence electrons. The van der Waals surface area contributed by atoms with Crippen LogP contribution in [0, 0.1) is 0 Å². The Morgan fingerprint density at radius 1 is 1.23 bits per heavy atom. The van der Waals surface area contributed by atoms with Crippen molar-refractivity contribution in [1.82, 2.24) is 14.5 Å². The van der Waals surface area contributed by atoms with Gasteiger partial charge < -0.3 is 4.90 Å². The van der Waals surface area contributed by atoms with E-state index in [1.54, 1.807) is 34.7 Å². The second kappa shape index (κ2) is 6.57. The highest BCUT2D eigenvalue weighted by molar-refractivity contribution is 6.30. The largest absolute Gasteiger partial charge is 0.337 e. The molecule has 26 heavy (non-hydrogen) atoms. The van der Waals surface area contributed by atoms with Gasteiger partial charge in [-0.3, -0.25) is 14.2 Å². The summed E-state index contributed by atoms with van der Waals surface area (Å²) in [6, 6.07) is 12.5. The van der Waals surface area contributed by atoms with E-state index < -0.39 is 0 Å². The maximum absolute atomic E-state index is 12.8. The molecule has 0 bridgehead atoms. The summed E-state index contributed by atoms with van der Waals surface area (Å²) in [6.45, 7) is 1.20. The van der Waals surface area contributed by atoms with Gasteiger partial charge in [-0.05, 0) is 42.3 Å². The number of benzene rings is 2. The van der Waals surface area contributed by atoms with Gasteiger partial charge in [-0.15, -0.1) is 0 Å². The number of hydrogen-bond donors (Lipinski definition) is 0. The van der Waals surface area contributed by atoms with Crippen LogP contribution < -0.4 is 5.56 Å². The molecule has 0 spiro atoms. The zero-order valence-electron chi connectivity index (χ0n) is 14.4. The standard InChI is InChI=1S/C20H18ClN3O2/c1-23(12-13-4-7-15(21)8-5-13)19(25)14-6-9-16-17(11-14)22-18-3-2-10-24(18)20(16)26/h4-9,11H,2-3,10,12H2,1H3. The molecule has 0 saturated heterocycles. The zero-order chi connectivity index (χ0) is 18.3. The summed E-state index contributed by atoms with van der Waals surface area (Å²) in [5, 5.41) is 1.23. The second-order valence-electron chi connectivity index (χ2n) is 6.61. The first-order valence-corrected chi connectivity index (χ1v) is 8.94. The summed E-state index contributed by atoms with van der Waals surface area (Å²) >= 11 is 5.90. The molecule has 0 fully saturated rings. The predicted octanol–water partition coefficient (Wildman–Crippen LogP) is 3.27. The lowest BCUT2D eigenvalue weighted by Crippen LogP contribution is -2.26. The van der Waals surface area contributed by atoms with Crippen molar-refractivity contribution in [1.29, 1.82) is 0 Å². The number of amides is 1. The fraction of sp³-hybridized carbons (Fsp3) is 0.250. The summed E-state index contributed by atoms with van der Waals surface area (Å²) in [4.78, 5) is 31.5. The van der Waals surface area contributed by atoms with Crippen molar-refractivity contribution < 1.29 is 4.79 Å². The lowest BCUT2D eigenvalue weighted by molar-refractivity contribution is 0.0785. The molecule has 1 aliphatic rings. The van der Waals surface area contributed by atoms with Crippen molar-refractivity contribution in [3.05, 3.63) is 74.8 Å². The molecule has 4 rings (SSSR count). The normalized spacial score (nSPS) is 13.0. The van der Waals surface area contributed by atoms with Crippen LogP contribution in [-0.2, 0) is 19.5 Å². The number of nitrogens with zero attached hydrogens (tertiary/aromatic N) is 3.